The summed E-state index contributed by atoms with van der Waals surface area (Å²) in [6, 6.07) is 9.59. The van der Waals surface area contributed by atoms with Gasteiger partial charge in [-0.25, -0.2) is 9.59 Å². The van der Waals surface area contributed by atoms with Crippen molar-refractivity contribution < 1.29 is 23.9 Å². The number of hydrogen-bond acceptors (Lipinski definition) is 6. The fourth-order valence-corrected chi connectivity index (χ4v) is 3.13. The summed E-state index contributed by atoms with van der Waals surface area (Å²) < 4.78 is 10.1. The number of ether oxygens (including phenoxy) is 2. The largest absolute Gasteiger partial charge is 0.467 e. The van der Waals surface area contributed by atoms with E-state index in [1.54, 1.807) is 6.92 Å². The van der Waals surface area contributed by atoms with E-state index in [1.165, 1.54) is 12.0 Å². The number of hydrogen-bond donors (Lipinski definition) is 1. The maximum atomic E-state index is 12.7. The quantitative estimate of drug-likeness (QED) is 0.717. The van der Waals surface area contributed by atoms with E-state index in [1.807, 2.05) is 36.4 Å². The highest BCUT2D eigenvalue weighted by atomic mass is 16.6. The summed E-state index contributed by atoms with van der Waals surface area (Å²) in [6.07, 6.45) is 0.663. The molecule has 28 heavy (non-hydrogen) atoms. The van der Waals surface area contributed by atoms with Crippen LogP contribution in [-0.4, -0.2) is 48.6 Å². The number of methoxy groups -OCH3 is 1. The summed E-state index contributed by atoms with van der Waals surface area (Å²) in [5.41, 5.74) is 0.854. The lowest BCUT2D eigenvalue weighted by molar-refractivity contribution is -0.147. The minimum atomic E-state index is -0.945. The van der Waals surface area contributed by atoms with Gasteiger partial charge in [0.15, 0.2) is 0 Å². The van der Waals surface area contributed by atoms with Crippen molar-refractivity contribution in [2.24, 2.45) is 5.92 Å². The second-order valence-electron chi connectivity index (χ2n) is 6.74. The molecule has 0 aliphatic carbocycles. The summed E-state index contributed by atoms with van der Waals surface area (Å²) in [6.45, 7) is 2.21. The Balaban J connectivity index is 1.99. The zero-order valence-electron chi connectivity index (χ0n) is 16.1. The Morgan fingerprint density at radius 3 is 2.68 bits per heavy atom. The third-order valence-electron chi connectivity index (χ3n) is 4.73. The van der Waals surface area contributed by atoms with E-state index in [-0.39, 0.29) is 13.0 Å². The topological polar surface area (TPSA) is 109 Å². The number of nitrogens with one attached hydrogen (secondary N) is 1. The molecule has 1 heterocycles. The van der Waals surface area contributed by atoms with Crippen LogP contribution < -0.4 is 5.32 Å². The smallest absolute Gasteiger partial charge is 0.410 e. The van der Waals surface area contributed by atoms with Crippen LogP contribution in [0.4, 0.5) is 4.79 Å². The molecule has 1 N–H and O–H groups in total. The molecule has 0 saturated carbocycles. The van der Waals surface area contributed by atoms with E-state index >= 15 is 0 Å². The van der Waals surface area contributed by atoms with Gasteiger partial charge in [-0.05, 0) is 18.4 Å². The molecule has 150 valence electrons. The maximum absolute atomic E-state index is 12.7. The molecular weight excluding hydrogens is 362 g/mol. The lowest BCUT2D eigenvalue weighted by atomic mass is 9.98. The van der Waals surface area contributed by atoms with Crippen LogP contribution in [0.5, 0.6) is 0 Å². The predicted molar refractivity (Wildman–Crippen MR) is 99.7 cm³/mol. The number of nitriles is 1. The van der Waals surface area contributed by atoms with Crippen LogP contribution in [0.3, 0.4) is 0 Å². The van der Waals surface area contributed by atoms with E-state index in [0.29, 0.717) is 19.4 Å². The van der Waals surface area contributed by atoms with Crippen LogP contribution in [0.1, 0.15) is 31.7 Å². The first kappa shape index (κ1) is 21.2. The first-order chi connectivity index (χ1) is 13.5. The molecule has 2 amide bonds. The van der Waals surface area contributed by atoms with Crippen molar-refractivity contribution in [2.75, 3.05) is 13.7 Å². The van der Waals surface area contributed by atoms with Crippen molar-refractivity contribution >= 4 is 18.0 Å². The molecule has 8 heteroatoms. The molecule has 0 unspecified atom stereocenters. The lowest BCUT2D eigenvalue weighted by Gasteiger charge is -2.27. The molecule has 0 radical (unpaired) electrons. The zero-order chi connectivity index (χ0) is 20.5. The number of benzene rings is 1. The highest BCUT2D eigenvalue weighted by molar-refractivity contribution is 5.90. The van der Waals surface area contributed by atoms with E-state index in [0.717, 1.165) is 5.56 Å². The van der Waals surface area contributed by atoms with Gasteiger partial charge in [0.1, 0.15) is 18.7 Å². The molecule has 0 bridgehead atoms. The molecule has 1 fully saturated rings. The minimum Gasteiger partial charge on any atom is -0.467 e. The van der Waals surface area contributed by atoms with Crippen LogP contribution >= 0.6 is 0 Å². The van der Waals surface area contributed by atoms with Gasteiger partial charge in [-0.2, -0.15) is 5.26 Å². The summed E-state index contributed by atoms with van der Waals surface area (Å²) in [5, 5.41) is 11.5. The highest BCUT2D eigenvalue weighted by Gasteiger charge is 2.38. The number of carbonyl (C=O) groups is 3. The van der Waals surface area contributed by atoms with E-state index in [4.69, 9.17) is 14.7 Å². The van der Waals surface area contributed by atoms with Gasteiger partial charge in [0.25, 0.3) is 0 Å². The summed E-state index contributed by atoms with van der Waals surface area (Å²) in [5.74, 6) is -1.48. The van der Waals surface area contributed by atoms with Crippen molar-refractivity contribution in [3.8, 4) is 6.07 Å². The van der Waals surface area contributed by atoms with Crippen molar-refractivity contribution in [3.63, 3.8) is 0 Å². The summed E-state index contributed by atoms with van der Waals surface area (Å²) >= 11 is 0. The number of nitrogens with zero attached hydrogens (tertiary/aromatic N) is 2. The van der Waals surface area contributed by atoms with E-state index in [9.17, 15) is 14.4 Å². The maximum Gasteiger partial charge on any atom is 0.410 e. The van der Waals surface area contributed by atoms with Gasteiger partial charge in [0, 0.05) is 18.9 Å². The van der Waals surface area contributed by atoms with Crippen LogP contribution in [0, 0.1) is 17.2 Å². The molecule has 2 rings (SSSR count). The monoisotopic (exact) mass is 387 g/mol. The predicted octanol–water partition coefficient (Wildman–Crippen LogP) is 2.00. The Hall–Kier alpha value is -3.08. The van der Waals surface area contributed by atoms with Crippen LogP contribution in [0.25, 0.3) is 0 Å². The Bertz CT molecular complexity index is 731. The first-order valence-corrected chi connectivity index (χ1v) is 9.20. The van der Waals surface area contributed by atoms with Gasteiger partial charge in [-0.15, -0.1) is 0 Å². The average Bonchev–Trinajstić information content (AvgIpc) is 3.20. The molecule has 1 saturated heterocycles. The average molecular weight is 387 g/mol. The molecular formula is C20H25N3O5. The van der Waals surface area contributed by atoms with Crippen molar-refractivity contribution in [3.05, 3.63) is 35.9 Å². The number of rotatable bonds is 7. The van der Waals surface area contributed by atoms with Gasteiger partial charge in [0.2, 0.25) is 5.91 Å². The molecule has 1 aliphatic heterocycles. The van der Waals surface area contributed by atoms with Crippen molar-refractivity contribution in [1.29, 1.82) is 5.26 Å². The zero-order valence-corrected chi connectivity index (χ0v) is 16.1. The number of likely N-dealkylation sites (tertiary alicyclic amines) is 1. The SMILES string of the molecule is COC(=O)[C@H](NC(=O)[C@H]1CCCN1C(=O)OCc1ccccc1)[C@H](C)CC#N. The van der Waals surface area contributed by atoms with Crippen LogP contribution in [0.15, 0.2) is 30.3 Å². The van der Waals surface area contributed by atoms with Gasteiger partial charge in [-0.1, -0.05) is 37.3 Å². The summed E-state index contributed by atoms with van der Waals surface area (Å²) in [4.78, 5) is 38.5. The number of carbonyl (C=O) groups excluding carboxylic acids is 3. The normalized spacial score (nSPS) is 17.9. The molecule has 1 aromatic rings. The molecule has 0 aromatic heterocycles. The van der Waals surface area contributed by atoms with Crippen LogP contribution in [-0.2, 0) is 25.7 Å². The minimum absolute atomic E-state index is 0.0908. The lowest BCUT2D eigenvalue weighted by Crippen LogP contribution is -2.53. The van der Waals surface area contributed by atoms with Gasteiger partial charge in [0.05, 0.1) is 13.2 Å². The summed E-state index contributed by atoms with van der Waals surface area (Å²) in [7, 11) is 1.23. The van der Waals surface area contributed by atoms with Crippen molar-refractivity contribution in [1.82, 2.24) is 10.2 Å². The highest BCUT2D eigenvalue weighted by Crippen LogP contribution is 2.20. The molecule has 0 spiro atoms. The van der Waals surface area contributed by atoms with E-state index < -0.39 is 36.0 Å². The van der Waals surface area contributed by atoms with Crippen molar-refractivity contribution in [2.45, 2.75) is 44.9 Å². The number of esters is 1. The second kappa shape index (κ2) is 10.3. The van der Waals surface area contributed by atoms with Gasteiger partial charge >= 0.3 is 12.1 Å². The Labute approximate surface area is 164 Å². The first-order valence-electron chi connectivity index (χ1n) is 9.20. The molecule has 1 aliphatic rings. The van der Waals surface area contributed by atoms with E-state index in [2.05, 4.69) is 5.32 Å². The molecule has 3 atom stereocenters. The Morgan fingerprint density at radius 2 is 2.04 bits per heavy atom. The standard InChI is InChI=1S/C20H25N3O5/c1-14(10-11-21)17(19(25)27-2)22-18(24)16-9-6-12-23(16)20(26)28-13-15-7-4-3-5-8-15/h3-5,7-8,14,16-17H,6,9-10,12-13H2,1-2H3,(H,22,24)/t14-,16-,17-/m1/s1. The third kappa shape index (κ3) is 5.46. The second-order valence-corrected chi connectivity index (χ2v) is 6.74. The van der Waals surface area contributed by atoms with Gasteiger partial charge < -0.3 is 14.8 Å². The molecule has 1 aromatic carbocycles. The third-order valence-corrected chi connectivity index (χ3v) is 4.73. The fourth-order valence-electron chi connectivity index (χ4n) is 3.13. The Morgan fingerprint density at radius 1 is 1.32 bits per heavy atom. The fraction of sp³-hybridized carbons (Fsp3) is 0.500. The van der Waals surface area contributed by atoms with Gasteiger partial charge in [-0.3, -0.25) is 9.69 Å². The Kier molecular flexibility index (Phi) is 7.81. The molecule has 8 nitrogen and oxygen atoms in total. The number of amides is 2. The van der Waals surface area contributed by atoms with Crippen LogP contribution in [0.2, 0.25) is 0 Å².